The van der Waals surface area contributed by atoms with Crippen molar-refractivity contribution in [2.75, 3.05) is 24.7 Å². The summed E-state index contributed by atoms with van der Waals surface area (Å²) < 4.78 is 22.7. The predicted molar refractivity (Wildman–Crippen MR) is 82.0 cm³/mol. The van der Waals surface area contributed by atoms with Crippen LogP contribution in [0.2, 0.25) is 0 Å². The van der Waals surface area contributed by atoms with Gasteiger partial charge in [0.1, 0.15) is 0 Å². The molecule has 120 valence electrons. The maximum Gasteiger partial charge on any atom is 0.238 e. The van der Waals surface area contributed by atoms with Crippen LogP contribution in [0.5, 0.6) is 0 Å². The van der Waals surface area contributed by atoms with Gasteiger partial charge in [0.15, 0.2) is 9.84 Å². The maximum absolute atomic E-state index is 12.0. The Balaban J connectivity index is 1.96. The van der Waals surface area contributed by atoms with Crippen molar-refractivity contribution in [3.63, 3.8) is 0 Å². The van der Waals surface area contributed by atoms with Crippen molar-refractivity contribution in [2.45, 2.75) is 23.8 Å². The number of nitrogens with one attached hydrogen (secondary N) is 1. The Morgan fingerprint density at radius 2 is 1.95 bits per heavy atom. The summed E-state index contributed by atoms with van der Waals surface area (Å²) in [6.45, 7) is 0.746. The lowest BCUT2D eigenvalue weighted by molar-refractivity contribution is -0.123. The molecule has 8 heteroatoms. The van der Waals surface area contributed by atoms with Gasteiger partial charge in [0, 0.05) is 11.9 Å². The monoisotopic (exact) mass is 325 g/mol. The molecule has 1 fully saturated rings. The van der Waals surface area contributed by atoms with Gasteiger partial charge < -0.3 is 11.1 Å². The van der Waals surface area contributed by atoms with Gasteiger partial charge in [-0.15, -0.1) is 0 Å². The number of hydrogen-bond acceptors (Lipinski definition) is 5. The molecule has 0 saturated carbocycles. The van der Waals surface area contributed by atoms with E-state index in [4.69, 9.17) is 5.73 Å². The zero-order valence-electron chi connectivity index (χ0n) is 12.3. The first-order valence-corrected chi connectivity index (χ1v) is 8.80. The number of carbonyl (C=O) groups excluding carboxylic acids is 2. The standard InChI is InChI=1S/C14H19N3O4S/c1-22(20,21)11-6-4-10(5-7-11)16-13(18)9-17-8-2-3-12(17)14(15)19/h4-7,12H,2-3,8-9H2,1H3,(H2,15,19)(H,16,18). The van der Waals surface area contributed by atoms with Gasteiger partial charge in [-0.1, -0.05) is 0 Å². The van der Waals surface area contributed by atoms with Gasteiger partial charge in [-0.3, -0.25) is 14.5 Å². The third kappa shape index (κ3) is 4.05. The summed E-state index contributed by atoms with van der Waals surface area (Å²) in [7, 11) is -3.26. The summed E-state index contributed by atoms with van der Waals surface area (Å²) in [5.41, 5.74) is 5.81. The molecular weight excluding hydrogens is 306 g/mol. The SMILES string of the molecule is CS(=O)(=O)c1ccc(NC(=O)CN2CCCC2C(N)=O)cc1. The number of primary amides is 1. The normalized spacial score (nSPS) is 19.0. The molecule has 1 aromatic rings. The zero-order valence-corrected chi connectivity index (χ0v) is 13.1. The minimum atomic E-state index is -3.26. The first-order valence-electron chi connectivity index (χ1n) is 6.91. The van der Waals surface area contributed by atoms with E-state index in [9.17, 15) is 18.0 Å². The average Bonchev–Trinajstić information content (AvgIpc) is 2.86. The van der Waals surface area contributed by atoms with E-state index in [1.165, 1.54) is 24.3 Å². The molecule has 0 aromatic heterocycles. The Labute approximate surface area is 129 Å². The first-order chi connectivity index (χ1) is 10.3. The topological polar surface area (TPSA) is 110 Å². The number of sulfone groups is 1. The van der Waals surface area contributed by atoms with Crippen LogP contribution in [0.3, 0.4) is 0 Å². The van der Waals surface area contributed by atoms with Gasteiger partial charge in [-0.2, -0.15) is 0 Å². The molecule has 7 nitrogen and oxygen atoms in total. The van der Waals surface area contributed by atoms with Crippen molar-refractivity contribution in [1.29, 1.82) is 0 Å². The number of rotatable bonds is 5. The highest BCUT2D eigenvalue weighted by Crippen LogP contribution is 2.17. The Bertz CT molecular complexity index is 670. The van der Waals surface area contributed by atoms with Crippen LogP contribution >= 0.6 is 0 Å². The molecule has 1 heterocycles. The molecular formula is C14H19N3O4S. The van der Waals surface area contributed by atoms with E-state index in [1.54, 1.807) is 4.90 Å². The zero-order chi connectivity index (χ0) is 16.3. The van der Waals surface area contributed by atoms with Crippen LogP contribution in [0.25, 0.3) is 0 Å². The second-order valence-electron chi connectivity index (χ2n) is 5.38. The van der Waals surface area contributed by atoms with Crippen molar-refractivity contribution in [3.8, 4) is 0 Å². The van der Waals surface area contributed by atoms with E-state index < -0.39 is 21.8 Å². The Morgan fingerprint density at radius 3 is 2.50 bits per heavy atom. The van der Waals surface area contributed by atoms with Crippen LogP contribution in [0.1, 0.15) is 12.8 Å². The van der Waals surface area contributed by atoms with E-state index in [0.717, 1.165) is 12.7 Å². The Hall–Kier alpha value is -1.93. The van der Waals surface area contributed by atoms with Gasteiger partial charge in [0.05, 0.1) is 17.5 Å². The van der Waals surface area contributed by atoms with Gasteiger partial charge in [-0.25, -0.2) is 8.42 Å². The molecule has 2 amide bonds. The molecule has 22 heavy (non-hydrogen) atoms. The van der Waals surface area contributed by atoms with E-state index in [-0.39, 0.29) is 17.3 Å². The fourth-order valence-electron chi connectivity index (χ4n) is 2.51. The second kappa shape index (κ2) is 6.45. The fraction of sp³-hybridized carbons (Fsp3) is 0.429. The third-order valence-corrected chi connectivity index (χ3v) is 4.73. The summed E-state index contributed by atoms with van der Waals surface area (Å²) in [5.74, 6) is -0.678. The number of nitrogens with zero attached hydrogens (tertiary/aromatic N) is 1. The summed E-state index contributed by atoms with van der Waals surface area (Å²) in [4.78, 5) is 25.2. The number of hydrogen-bond donors (Lipinski definition) is 2. The smallest absolute Gasteiger partial charge is 0.238 e. The van der Waals surface area contributed by atoms with Crippen LogP contribution in [-0.2, 0) is 19.4 Å². The van der Waals surface area contributed by atoms with E-state index in [1.807, 2.05) is 0 Å². The van der Waals surface area contributed by atoms with Crippen molar-refractivity contribution in [3.05, 3.63) is 24.3 Å². The highest BCUT2D eigenvalue weighted by molar-refractivity contribution is 7.90. The minimum Gasteiger partial charge on any atom is -0.368 e. The summed E-state index contributed by atoms with van der Waals surface area (Å²) in [5, 5.41) is 2.68. The van der Waals surface area contributed by atoms with E-state index >= 15 is 0 Å². The number of nitrogens with two attached hydrogens (primary N) is 1. The molecule has 1 unspecified atom stereocenters. The second-order valence-corrected chi connectivity index (χ2v) is 7.39. The van der Waals surface area contributed by atoms with Crippen LogP contribution < -0.4 is 11.1 Å². The number of anilines is 1. The van der Waals surface area contributed by atoms with Crippen LogP contribution in [0, 0.1) is 0 Å². The van der Waals surface area contributed by atoms with Crippen molar-refractivity contribution >= 4 is 27.3 Å². The Kier molecular flexibility index (Phi) is 4.82. The fourth-order valence-corrected chi connectivity index (χ4v) is 3.14. The number of carbonyl (C=O) groups is 2. The van der Waals surface area contributed by atoms with Crippen molar-refractivity contribution in [1.82, 2.24) is 4.90 Å². The van der Waals surface area contributed by atoms with Crippen LogP contribution in [0.15, 0.2) is 29.2 Å². The minimum absolute atomic E-state index is 0.0848. The summed E-state index contributed by atoms with van der Waals surface area (Å²) in [6.07, 6.45) is 2.63. The number of likely N-dealkylation sites (tertiary alicyclic amines) is 1. The predicted octanol–water partition coefficient (Wildman–Crippen LogP) is -0.0217. The van der Waals surface area contributed by atoms with Crippen LogP contribution in [-0.4, -0.2) is 50.5 Å². The largest absolute Gasteiger partial charge is 0.368 e. The van der Waals surface area contributed by atoms with Gasteiger partial charge in [0.25, 0.3) is 0 Å². The van der Waals surface area contributed by atoms with Crippen LogP contribution in [0.4, 0.5) is 5.69 Å². The lowest BCUT2D eigenvalue weighted by atomic mass is 10.2. The highest BCUT2D eigenvalue weighted by atomic mass is 32.2. The average molecular weight is 325 g/mol. The van der Waals surface area contributed by atoms with Crippen molar-refractivity contribution < 1.29 is 18.0 Å². The first kappa shape index (κ1) is 16.4. The molecule has 1 aliphatic heterocycles. The molecule has 1 atom stereocenters. The quantitative estimate of drug-likeness (QED) is 0.790. The maximum atomic E-state index is 12.0. The summed E-state index contributed by atoms with van der Waals surface area (Å²) in [6, 6.07) is 5.55. The lowest BCUT2D eigenvalue weighted by Gasteiger charge is -2.21. The molecule has 2 rings (SSSR count). The molecule has 1 aliphatic rings. The number of amides is 2. The van der Waals surface area contributed by atoms with E-state index in [0.29, 0.717) is 18.7 Å². The molecule has 0 radical (unpaired) electrons. The molecule has 1 aromatic carbocycles. The molecule has 0 spiro atoms. The molecule has 3 N–H and O–H groups in total. The molecule has 0 bridgehead atoms. The highest BCUT2D eigenvalue weighted by Gasteiger charge is 2.30. The Morgan fingerprint density at radius 1 is 1.32 bits per heavy atom. The molecule has 0 aliphatic carbocycles. The van der Waals surface area contributed by atoms with E-state index in [2.05, 4.69) is 5.32 Å². The molecule has 1 saturated heterocycles. The van der Waals surface area contributed by atoms with Gasteiger partial charge in [-0.05, 0) is 43.7 Å². The summed E-state index contributed by atoms with van der Waals surface area (Å²) >= 11 is 0. The number of benzene rings is 1. The van der Waals surface area contributed by atoms with Gasteiger partial charge in [0.2, 0.25) is 11.8 Å². The van der Waals surface area contributed by atoms with Crippen molar-refractivity contribution in [2.24, 2.45) is 5.73 Å². The third-order valence-electron chi connectivity index (χ3n) is 3.61. The van der Waals surface area contributed by atoms with Gasteiger partial charge >= 0.3 is 0 Å². The lowest BCUT2D eigenvalue weighted by Crippen LogP contribution is -2.43.